The lowest BCUT2D eigenvalue weighted by Gasteiger charge is -2.23. The van der Waals surface area contributed by atoms with E-state index in [1.54, 1.807) is 7.11 Å². The molecular weight excluding hydrogens is 174 g/mol. The lowest BCUT2D eigenvalue weighted by atomic mass is 9.84. The van der Waals surface area contributed by atoms with Crippen molar-refractivity contribution in [1.82, 2.24) is 0 Å². The van der Waals surface area contributed by atoms with Crippen molar-refractivity contribution in [3.05, 3.63) is 29.3 Å². The summed E-state index contributed by atoms with van der Waals surface area (Å²) in [7, 11) is 1.72. The fourth-order valence-electron chi connectivity index (χ4n) is 2.14. The summed E-state index contributed by atoms with van der Waals surface area (Å²) in [6.07, 6.45) is 3.50. The number of hydrogen-bond donors (Lipinski definition) is 1. The van der Waals surface area contributed by atoms with Crippen LogP contribution in [0.3, 0.4) is 0 Å². The molecule has 1 aromatic carbocycles. The summed E-state index contributed by atoms with van der Waals surface area (Å²) in [6.45, 7) is 0.811. The van der Waals surface area contributed by atoms with Gasteiger partial charge in [-0.15, -0.1) is 0 Å². The molecule has 0 saturated carbocycles. The van der Waals surface area contributed by atoms with Crippen LogP contribution in [0, 0.1) is 5.92 Å². The minimum Gasteiger partial charge on any atom is -0.497 e. The van der Waals surface area contributed by atoms with E-state index in [1.807, 2.05) is 6.07 Å². The van der Waals surface area contributed by atoms with Crippen molar-refractivity contribution in [2.24, 2.45) is 11.7 Å². The molecule has 1 unspecified atom stereocenters. The molecule has 1 aromatic rings. The van der Waals surface area contributed by atoms with Gasteiger partial charge in [0.25, 0.3) is 0 Å². The Labute approximate surface area is 85.1 Å². The van der Waals surface area contributed by atoms with Crippen molar-refractivity contribution in [2.45, 2.75) is 19.3 Å². The molecule has 2 heteroatoms. The van der Waals surface area contributed by atoms with E-state index < -0.39 is 0 Å². The summed E-state index contributed by atoms with van der Waals surface area (Å²) in [6, 6.07) is 6.37. The number of hydrogen-bond acceptors (Lipinski definition) is 2. The van der Waals surface area contributed by atoms with Crippen molar-refractivity contribution in [1.29, 1.82) is 0 Å². The SMILES string of the molecule is COc1ccc2c(c1)CCC(CN)C2. The van der Waals surface area contributed by atoms with E-state index in [0.29, 0.717) is 5.92 Å². The first-order chi connectivity index (χ1) is 6.83. The third-order valence-electron chi connectivity index (χ3n) is 3.08. The molecule has 0 amide bonds. The van der Waals surface area contributed by atoms with Gasteiger partial charge in [0.2, 0.25) is 0 Å². The molecule has 0 heterocycles. The van der Waals surface area contributed by atoms with Crippen LogP contribution in [0.25, 0.3) is 0 Å². The molecule has 0 aliphatic heterocycles. The molecule has 0 saturated heterocycles. The zero-order chi connectivity index (χ0) is 9.97. The van der Waals surface area contributed by atoms with E-state index in [0.717, 1.165) is 25.1 Å². The molecular formula is C12H17NO. The lowest BCUT2D eigenvalue weighted by molar-refractivity contribution is 0.411. The predicted molar refractivity (Wildman–Crippen MR) is 57.6 cm³/mol. The predicted octanol–water partition coefficient (Wildman–Crippen LogP) is 1.76. The first-order valence-electron chi connectivity index (χ1n) is 5.19. The molecule has 2 N–H and O–H groups in total. The maximum atomic E-state index is 5.69. The Kier molecular flexibility index (Phi) is 2.73. The van der Waals surface area contributed by atoms with E-state index in [2.05, 4.69) is 12.1 Å². The first kappa shape index (κ1) is 9.53. The largest absolute Gasteiger partial charge is 0.497 e. The number of ether oxygens (including phenoxy) is 1. The molecule has 1 aliphatic carbocycles. The van der Waals surface area contributed by atoms with E-state index in [1.165, 1.54) is 17.5 Å². The van der Waals surface area contributed by atoms with Crippen LogP contribution >= 0.6 is 0 Å². The van der Waals surface area contributed by atoms with Gasteiger partial charge in [-0.05, 0) is 55.0 Å². The van der Waals surface area contributed by atoms with E-state index in [4.69, 9.17) is 10.5 Å². The highest BCUT2D eigenvalue weighted by Crippen LogP contribution is 2.27. The van der Waals surface area contributed by atoms with Gasteiger partial charge in [0.1, 0.15) is 5.75 Å². The quantitative estimate of drug-likeness (QED) is 0.773. The summed E-state index contributed by atoms with van der Waals surface area (Å²) in [5.74, 6) is 1.64. The number of benzene rings is 1. The standard InChI is InChI=1S/C12H17NO/c1-14-12-5-4-10-6-9(8-13)2-3-11(10)7-12/h4-5,7,9H,2-3,6,8,13H2,1H3. The third kappa shape index (κ3) is 1.75. The Morgan fingerprint density at radius 1 is 1.43 bits per heavy atom. The molecule has 0 bridgehead atoms. The fraction of sp³-hybridized carbons (Fsp3) is 0.500. The Bertz CT molecular complexity index is 322. The second-order valence-electron chi connectivity index (χ2n) is 3.98. The average molecular weight is 191 g/mol. The Hall–Kier alpha value is -1.02. The van der Waals surface area contributed by atoms with Gasteiger partial charge in [-0.25, -0.2) is 0 Å². The molecule has 0 aromatic heterocycles. The van der Waals surface area contributed by atoms with Crippen LogP contribution in [0.5, 0.6) is 5.75 Å². The smallest absolute Gasteiger partial charge is 0.119 e. The number of nitrogens with two attached hydrogens (primary N) is 1. The van der Waals surface area contributed by atoms with Gasteiger partial charge in [-0.1, -0.05) is 6.07 Å². The zero-order valence-corrected chi connectivity index (χ0v) is 8.62. The molecule has 0 spiro atoms. The summed E-state index contributed by atoms with van der Waals surface area (Å²) in [5.41, 5.74) is 8.58. The van der Waals surface area contributed by atoms with Crippen LogP contribution in [0.4, 0.5) is 0 Å². The maximum Gasteiger partial charge on any atom is 0.119 e. The van der Waals surface area contributed by atoms with Crippen LogP contribution in [0.1, 0.15) is 17.5 Å². The zero-order valence-electron chi connectivity index (χ0n) is 8.62. The number of methoxy groups -OCH3 is 1. The monoisotopic (exact) mass is 191 g/mol. The van der Waals surface area contributed by atoms with E-state index in [-0.39, 0.29) is 0 Å². The van der Waals surface area contributed by atoms with Crippen molar-refractivity contribution in [3.8, 4) is 5.75 Å². The van der Waals surface area contributed by atoms with E-state index >= 15 is 0 Å². The minimum atomic E-state index is 0.677. The van der Waals surface area contributed by atoms with E-state index in [9.17, 15) is 0 Å². The number of aryl methyl sites for hydroxylation is 1. The topological polar surface area (TPSA) is 35.2 Å². The highest BCUT2D eigenvalue weighted by atomic mass is 16.5. The van der Waals surface area contributed by atoms with Crippen LogP contribution in [0.2, 0.25) is 0 Å². The average Bonchev–Trinajstić information content (AvgIpc) is 2.27. The normalized spacial score (nSPS) is 20.3. The van der Waals surface area contributed by atoms with Crippen molar-refractivity contribution in [2.75, 3.05) is 13.7 Å². The molecule has 0 radical (unpaired) electrons. The third-order valence-corrected chi connectivity index (χ3v) is 3.08. The summed E-state index contributed by atoms with van der Waals surface area (Å²) in [5, 5.41) is 0. The fourth-order valence-corrected chi connectivity index (χ4v) is 2.14. The van der Waals surface area contributed by atoms with Crippen molar-refractivity contribution in [3.63, 3.8) is 0 Å². The lowest BCUT2D eigenvalue weighted by Crippen LogP contribution is -2.22. The number of rotatable bonds is 2. The second-order valence-corrected chi connectivity index (χ2v) is 3.98. The molecule has 0 fully saturated rings. The summed E-state index contributed by atoms with van der Waals surface area (Å²) < 4.78 is 5.21. The molecule has 1 aliphatic rings. The summed E-state index contributed by atoms with van der Waals surface area (Å²) in [4.78, 5) is 0. The molecule has 76 valence electrons. The van der Waals surface area contributed by atoms with Gasteiger partial charge >= 0.3 is 0 Å². The minimum absolute atomic E-state index is 0.677. The Morgan fingerprint density at radius 3 is 3.00 bits per heavy atom. The maximum absolute atomic E-state index is 5.69. The molecule has 1 atom stereocenters. The highest BCUT2D eigenvalue weighted by Gasteiger charge is 2.17. The van der Waals surface area contributed by atoms with Crippen molar-refractivity contribution < 1.29 is 4.74 Å². The van der Waals surface area contributed by atoms with Gasteiger partial charge in [0.05, 0.1) is 7.11 Å². The van der Waals surface area contributed by atoms with Gasteiger partial charge in [0.15, 0.2) is 0 Å². The van der Waals surface area contributed by atoms with Gasteiger partial charge in [-0.3, -0.25) is 0 Å². The van der Waals surface area contributed by atoms with Crippen LogP contribution in [-0.2, 0) is 12.8 Å². The Morgan fingerprint density at radius 2 is 2.29 bits per heavy atom. The second kappa shape index (κ2) is 4.01. The molecule has 2 nitrogen and oxygen atoms in total. The van der Waals surface area contributed by atoms with Gasteiger partial charge < -0.3 is 10.5 Å². The highest BCUT2D eigenvalue weighted by molar-refractivity contribution is 5.37. The van der Waals surface area contributed by atoms with Gasteiger partial charge in [0, 0.05) is 0 Å². The molecule has 2 rings (SSSR count). The summed E-state index contributed by atoms with van der Waals surface area (Å²) >= 11 is 0. The number of fused-ring (bicyclic) bond motifs is 1. The van der Waals surface area contributed by atoms with Crippen LogP contribution < -0.4 is 10.5 Å². The van der Waals surface area contributed by atoms with Gasteiger partial charge in [-0.2, -0.15) is 0 Å². The Balaban J connectivity index is 2.23. The van der Waals surface area contributed by atoms with Crippen molar-refractivity contribution >= 4 is 0 Å². The van der Waals surface area contributed by atoms with Crippen LogP contribution in [-0.4, -0.2) is 13.7 Å². The van der Waals surface area contributed by atoms with Crippen LogP contribution in [0.15, 0.2) is 18.2 Å². The molecule has 14 heavy (non-hydrogen) atoms. The first-order valence-corrected chi connectivity index (χ1v) is 5.19.